The Morgan fingerprint density at radius 3 is 2.62 bits per heavy atom. The Labute approximate surface area is 236 Å². The molecule has 0 bridgehead atoms. The molecule has 8 nitrogen and oxygen atoms in total. The second kappa shape index (κ2) is 12.3. The maximum Gasteiger partial charge on any atom is 0.252 e. The number of sulfonamides is 1. The van der Waals surface area contributed by atoms with Gasteiger partial charge in [-0.2, -0.15) is 4.31 Å². The molecule has 4 heterocycles. The molecule has 0 spiro atoms. The van der Waals surface area contributed by atoms with Gasteiger partial charge in [0.1, 0.15) is 4.21 Å². The van der Waals surface area contributed by atoms with Crippen molar-refractivity contribution in [1.29, 1.82) is 0 Å². The lowest BCUT2D eigenvalue weighted by atomic mass is 9.96. The molecule has 0 atom stereocenters. The number of nitrogens with zero attached hydrogens (tertiary/aromatic N) is 4. The lowest BCUT2D eigenvalue weighted by molar-refractivity contribution is -0.123. The molecule has 1 aromatic carbocycles. The highest BCUT2D eigenvalue weighted by atomic mass is 35.5. The summed E-state index contributed by atoms with van der Waals surface area (Å²) in [6, 6.07) is 7.15. The summed E-state index contributed by atoms with van der Waals surface area (Å²) in [5.41, 5.74) is 1.84. The first kappa shape index (κ1) is 28.7. The van der Waals surface area contributed by atoms with Crippen LogP contribution in [-0.2, 0) is 19.6 Å². The summed E-state index contributed by atoms with van der Waals surface area (Å²) in [4.78, 5) is 22.8. The molecule has 2 saturated heterocycles. The van der Waals surface area contributed by atoms with Gasteiger partial charge in [0.15, 0.2) is 5.13 Å². The maximum atomic E-state index is 13.8. The van der Waals surface area contributed by atoms with Crippen molar-refractivity contribution in [2.24, 2.45) is 5.92 Å². The molecule has 0 aliphatic carbocycles. The average Bonchev–Trinajstić information content (AvgIpc) is 3.56. The van der Waals surface area contributed by atoms with Crippen LogP contribution in [0.2, 0.25) is 5.02 Å². The molecular formula is C24H30Cl2N4O4S3. The Kier molecular flexibility index (Phi) is 9.50. The fraction of sp³-hybridized carbons (Fsp3) is 0.500. The smallest absolute Gasteiger partial charge is 0.252 e. The van der Waals surface area contributed by atoms with E-state index in [-0.39, 0.29) is 24.2 Å². The van der Waals surface area contributed by atoms with Crippen LogP contribution in [0, 0.1) is 12.8 Å². The number of carbonyl (C=O) groups is 1. The van der Waals surface area contributed by atoms with E-state index in [2.05, 4.69) is 4.90 Å². The Bertz CT molecular complexity index is 1320. The minimum Gasteiger partial charge on any atom is -0.379 e. The van der Waals surface area contributed by atoms with Gasteiger partial charge >= 0.3 is 0 Å². The minimum absolute atomic E-state index is 0. The van der Waals surface area contributed by atoms with E-state index in [9.17, 15) is 13.2 Å². The predicted molar refractivity (Wildman–Crippen MR) is 152 cm³/mol. The number of piperidine rings is 1. The fourth-order valence-electron chi connectivity index (χ4n) is 4.73. The van der Waals surface area contributed by atoms with Gasteiger partial charge in [-0.25, -0.2) is 13.4 Å². The number of anilines is 1. The summed E-state index contributed by atoms with van der Waals surface area (Å²) in [5, 5.41) is 3.09. The average molecular weight is 606 g/mol. The van der Waals surface area contributed by atoms with Crippen molar-refractivity contribution in [2.75, 3.05) is 57.4 Å². The Hall–Kier alpha value is -1.31. The van der Waals surface area contributed by atoms with Crippen LogP contribution in [-0.4, -0.2) is 81.0 Å². The Morgan fingerprint density at radius 2 is 1.95 bits per heavy atom. The van der Waals surface area contributed by atoms with Gasteiger partial charge in [-0.1, -0.05) is 29.0 Å². The third-order valence-corrected chi connectivity index (χ3v) is 11.3. The highest BCUT2D eigenvalue weighted by Gasteiger charge is 2.35. The number of hydrogen-bond acceptors (Lipinski definition) is 8. The molecule has 2 aliphatic rings. The van der Waals surface area contributed by atoms with Gasteiger partial charge in [-0.05, 0) is 48.9 Å². The molecule has 2 aliphatic heterocycles. The summed E-state index contributed by atoms with van der Waals surface area (Å²) in [6.07, 6.45) is 0.987. The number of thiophene rings is 1. The van der Waals surface area contributed by atoms with Gasteiger partial charge in [-0.3, -0.25) is 14.6 Å². The second-order valence-electron chi connectivity index (χ2n) is 9.12. The van der Waals surface area contributed by atoms with Crippen LogP contribution in [0.25, 0.3) is 10.2 Å². The SMILES string of the molecule is Cc1cc(Cl)cc2sc(N(CCN3CCOCC3)C(=O)C3CCN(S(=O)(=O)c4cccs4)CC3)nc12.Cl. The number of thiazole rings is 1. The van der Waals surface area contributed by atoms with E-state index in [1.165, 1.54) is 27.0 Å². The summed E-state index contributed by atoms with van der Waals surface area (Å²) < 4.78 is 34.1. The third-order valence-electron chi connectivity index (χ3n) is 6.77. The van der Waals surface area contributed by atoms with Gasteiger partial charge in [0.25, 0.3) is 10.0 Å². The maximum absolute atomic E-state index is 13.8. The normalized spacial score (nSPS) is 18.1. The molecule has 0 radical (unpaired) electrons. The summed E-state index contributed by atoms with van der Waals surface area (Å²) in [5.74, 6) is -0.236. The minimum atomic E-state index is -3.51. The number of carbonyl (C=O) groups excluding carboxylic acids is 1. The third kappa shape index (κ3) is 6.30. The zero-order chi connectivity index (χ0) is 25.3. The Balaban J connectivity index is 0.00000320. The van der Waals surface area contributed by atoms with E-state index in [0.717, 1.165) is 35.4 Å². The molecule has 0 saturated carbocycles. The lowest BCUT2D eigenvalue weighted by Gasteiger charge is -2.34. The topological polar surface area (TPSA) is 83.0 Å². The molecule has 0 unspecified atom stereocenters. The predicted octanol–water partition coefficient (Wildman–Crippen LogP) is 4.51. The van der Waals surface area contributed by atoms with E-state index in [4.69, 9.17) is 21.3 Å². The number of aryl methyl sites for hydroxylation is 1. The van der Waals surface area contributed by atoms with Crippen LogP contribution in [0.15, 0.2) is 33.9 Å². The zero-order valence-corrected chi connectivity index (χ0v) is 24.5. The molecule has 1 amide bonds. The zero-order valence-electron chi connectivity index (χ0n) is 20.5. The highest BCUT2D eigenvalue weighted by Crippen LogP contribution is 2.35. The first-order valence-electron chi connectivity index (χ1n) is 12.0. The van der Waals surface area contributed by atoms with Gasteiger partial charge in [0, 0.05) is 50.2 Å². The molecule has 2 fully saturated rings. The summed E-state index contributed by atoms with van der Waals surface area (Å²) in [6.45, 7) is 6.99. The first-order valence-corrected chi connectivity index (χ1v) is 15.6. The van der Waals surface area contributed by atoms with Crippen molar-refractivity contribution in [1.82, 2.24) is 14.2 Å². The first-order chi connectivity index (χ1) is 17.3. The Morgan fingerprint density at radius 1 is 1.22 bits per heavy atom. The number of benzene rings is 1. The number of fused-ring (bicyclic) bond motifs is 1. The molecule has 0 N–H and O–H groups in total. The van der Waals surface area contributed by atoms with Crippen LogP contribution in [0.5, 0.6) is 0 Å². The van der Waals surface area contributed by atoms with Crippen LogP contribution in [0.3, 0.4) is 0 Å². The lowest BCUT2D eigenvalue weighted by Crippen LogP contribution is -2.47. The number of ether oxygens (including phenoxy) is 1. The van der Waals surface area contributed by atoms with Crippen molar-refractivity contribution in [3.05, 3.63) is 40.2 Å². The molecule has 3 aromatic rings. The monoisotopic (exact) mass is 604 g/mol. The standard InChI is InChI=1S/C24H29ClN4O4S3.ClH/c1-17-15-19(25)16-20-22(17)26-24(35-20)29(9-8-27-10-12-33-13-11-27)23(30)18-4-6-28(7-5-18)36(31,32)21-3-2-14-34-21;/h2-3,14-16,18H,4-13H2,1H3;1H. The van der Waals surface area contributed by atoms with Crippen molar-refractivity contribution in [3.63, 3.8) is 0 Å². The molecule has 37 heavy (non-hydrogen) atoms. The fourth-order valence-corrected chi connectivity index (χ4v) is 8.79. The van der Waals surface area contributed by atoms with Gasteiger partial charge in [0.2, 0.25) is 5.91 Å². The van der Waals surface area contributed by atoms with Crippen LogP contribution in [0.4, 0.5) is 5.13 Å². The van der Waals surface area contributed by atoms with Gasteiger partial charge < -0.3 is 4.74 Å². The number of hydrogen-bond donors (Lipinski definition) is 0. The number of morpholine rings is 1. The van der Waals surface area contributed by atoms with Crippen LogP contribution >= 0.6 is 46.7 Å². The van der Waals surface area contributed by atoms with Gasteiger partial charge in [0.05, 0.1) is 23.4 Å². The number of aromatic nitrogens is 1. The summed E-state index contributed by atoms with van der Waals surface area (Å²) >= 11 is 8.97. The van der Waals surface area contributed by atoms with Crippen molar-refractivity contribution >= 4 is 78.0 Å². The summed E-state index contributed by atoms with van der Waals surface area (Å²) in [7, 11) is -3.51. The van der Waals surface area contributed by atoms with E-state index < -0.39 is 10.0 Å². The molecule has 13 heteroatoms. The molecular weight excluding hydrogens is 575 g/mol. The van der Waals surface area contributed by atoms with Crippen molar-refractivity contribution in [3.8, 4) is 0 Å². The van der Waals surface area contributed by atoms with Gasteiger partial charge in [-0.15, -0.1) is 23.7 Å². The van der Waals surface area contributed by atoms with Crippen molar-refractivity contribution < 1.29 is 17.9 Å². The van der Waals surface area contributed by atoms with Crippen LogP contribution in [0.1, 0.15) is 18.4 Å². The van der Waals surface area contributed by atoms with E-state index in [1.807, 2.05) is 24.0 Å². The van der Waals surface area contributed by atoms with E-state index in [1.54, 1.807) is 17.5 Å². The number of rotatable bonds is 7. The molecule has 202 valence electrons. The van der Waals surface area contributed by atoms with Crippen molar-refractivity contribution in [2.45, 2.75) is 24.0 Å². The quantitative estimate of drug-likeness (QED) is 0.395. The van der Waals surface area contributed by atoms with E-state index >= 15 is 0 Å². The van der Waals surface area contributed by atoms with E-state index in [0.29, 0.717) is 60.1 Å². The molecule has 2 aromatic heterocycles. The highest BCUT2D eigenvalue weighted by molar-refractivity contribution is 7.91. The second-order valence-corrected chi connectivity index (χ2v) is 13.7. The number of halogens is 2. The number of amides is 1. The molecule has 5 rings (SSSR count). The van der Waals surface area contributed by atoms with Crippen LogP contribution < -0.4 is 4.90 Å². The largest absolute Gasteiger partial charge is 0.379 e.